The summed E-state index contributed by atoms with van der Waals surface area (Å²) in [5.41, 5.74) is 11.2. The number of nitrogens with zero attached hydrogens (tertiary/aromatic N) is 2. The quantitative estimate of drug-likeness (QED) is 0.685. The van der Waals surface area contributed by atoms with E-state index in [1.165, 1.54) is 6.20 Å². The molecule has 0 bridgehead atoms. The van der Waals surface area contributed by atoms with Gasteiger partial charge in [0.05, 0.1) is 11.9 Å². The number of anilines is 1. The van der Waals surface area contributed by atoms with Crippen LogP contribution in [0.4, 0.5) is 5.69 Å². The van der Waals surface area contributed by atoms with Crippen molar-refractivity contribution < 1.29 is 4.79 Å². The SMILES string of the molecule is NC(=O)c1sc2nnccc2c1N. The molecular formula is C7H6N4OS. The maximum absolute atomic E-state index is 10.9. The molecule has 0 aromatic carbocycles. The van der Waals surface area contributed by atoms with E-state index in [9.17, 15) is 4.79 Å². The van der Waals surface area contributed by atoms with Gasteiger partial charge in [-0.05, 0) is 6.07 Å². The molecule has 0 saturated carbocycles. The molecule has 4 N–H and O–H groups in total. The second-order valence-electron chi connectivity index (χ2n) is 2.46. The second-order valence-corrected chi connectivity index (χ2v) is 3.46. The first-order valence-corrected chi connectivity index (χ1v) is 4.31. The normalized spacial score (nSPS) is 10.5. The number of nitrogen functional groups attached to an aromatic ring is 1. The molecule has 1 amide bonds. The molecule has 0 aliphatic heterocycles. The summed E-state index contributed by atoms with van der Waals surface area (Å²) in [5, 5.41) is 8.24. The highest BCUT2D eigenvalue weighted by Gasteiger charge is 2.13. The van der Waals surface area contributed by atoms with Crippen LogP contribution in [0.15, 0.2) is 12.3 Å². The third-order valence-electron chi connectivity index (χ3n) is 1.64. The average molecular weight is 194 g/mol. The van der Waals surface area contributed by atoms with Crippen LogP contribution < -0.4 is 11.5 Å². The Balaban J connectivity index is 2.81. The van der Waals surface area contributed by atoms with E-state index in [1.54, 1.807) is 6.07 Å². The van der Waals surface area contributed by atoms with Crippen LogP contribution in [0.25, 0.3) is 10.2 Å². The molecular weight excluding hydrogens is 188 g/mol. The Morgan fingerprint density at radius 1 is 1.54 bits per heavy atom. The Morgan fingerprint density at radius 3 is 2.92 bits per heavy atom. The van der Waals surface area contributed by atoms with Crippen LogP contribution in [-0.4, -0.2) is 16.1 Å². The highest BCUT2D eigenvalue weighted by Crippen LogP contribution is 2.30. The van der Waals surface area contributed by atoms with Crippen LogP contribution in [0, 0.1) is 0 Å². The molecule has 13 heavy (non-hydrogen) atoms. The molecule has 66 valence electrons. The van der Waals surface area contributed by atoms with Gasteiger partial charge in [0, 0.05) is 5.39 Å². The third kappa shape index (κ3) is 1.11. The van der Waals surface area contributed by atoms with Crippen LogP contribution >= 0.6 is 11.3 Å². The van der Waals surface area contributed by atoms with Gasteiger partial charge in [-0.25, -0.2) is 0 Å². The molecule has 2 rings (SSSR count). The minimum atomic E-state index is -0.527. The Morgan fingerprint density at radius 2 is 2.31 bits per heavy atom. The van der Waals surface area contributed by atoms with E-state index in [-0.39, 0.29) is 0 Å². The Kier molecular flexibility index (Phi) is 1.63. The number of nitrogens with two attached hydrogens (primary N) is 2. The molecule has 0 radical (unpaired) electrons. The van der Waals surface area contributed by atoms with Crippen molar-refractivity contribution in [3.05, 3.63) is 17.1 Å². The molecule has 0 aliphatic carbocycles. The van der Waals surface area contributed by atoms with Crippen molar-refractivity contribution in [2.24, 2.45) is 5.73 Å². The summed E-state index contributed by atoms with van der Waals surface area (Å²) in [6.45, 7) is 0. The Labute approximate surface area is 77.4 Å². The van der Waals surface area contributed by atoms with E-state index in [2.05, 4.69) is 10.2 Å². The molecule has 0 unspecified atom stereocenters. The fourth-order valence-corrected chi connectivity index (χ4v) is 1.95. The summed E-state index contributed by atoms with van der Waals surface area (Å²) in [5.74, 6) is -0.527. The second kappa shape index (κ2) is 2.67. The van der Waals surface area contributed by atoms with Gasteiger partial charge in [0.25, 0.3) is 5.91 Å². The lowest BCUT2D eigenvalue weighted by molar-refractivity contribution is 0.100. The van der Waals surface area contributed by atoms with Gasteiger partial charge in [-0.1, -0.05) is 0 Å². The van der Waals surface area contributed by atoms with E-state index >= 15 is 0 Å². The maximum Gasteiger partial charge on any atom is 0.260 e. The molecule has 5 nitrogen and oxygen atoms in total. The number of amides is 1. The Hall–Kier alpha value is -1.69. The van der Waals surface area contributed by atoms with E-state index in [0.717, 1.165) is 16.7 Å². The number of hydrogen-bond donors (Lipinski definition) is 2. The van der Waals surface area contributed by atoms with Gasteiger partial charge in [0.2, 0.25) is 0 Å². The van der Waals surface area contributed by atoms with Crippen LogP contribution in [0.5, 0.6) is 0 Å². The van der Waals surface area contributed by atoms with E-state index < -0.39 is 5.91 Å². The molecule has 0 spiro atoms. The molecule has 2 aromatic heterocycles. The summed E-state index contributed by atoms with van der Waals surface area (Å²) < 4.78 is 0. The van der Waals surface area contributed by atoms with Gasteiger partial charge >= 0.3 is 0 Å². The van der Waals surface area contributed by atoms with E-state index in [0.29, 0.717) is 15.4 Å². The van der Waals surface area contributed by atoms with E-state index in [1.807, 2.05) is 0 Å². The predicted molar refractivity (Wildman–Crippen MR) is 50.3 cm³/mol. The lowest BCUT2D eigenvalue weighted by Gasteiger charge is -1.90. The predicted octanol–water partition coefficient (Wildman–Crippen LogP) is 0.372. The summed E-state index contributed by atoms with van der Waals surface area (Å²) in [6, 6.07) is 1.71. The average Bonchev–Trinajstić information content (AvgIpc) is 2.45. The number of carbonyl (C=O) groups excluding carboxylic acids is 1. The van der Waals surface area contributed by atoms with Gasteiger partial charge in [0.15, 0.2) is 0 Å². The number of carbonyl (C=O) groups is 1. The summed E-state index contributed by atoms with van der Waals surface area (Å²) in [7, 11) is 0. The fourth-order valence-electron chi connectivity index (χ4n) is 1.06. The monoisotopic (exact) mass is 194 g/mol. The van der Waals surface area contributed by atoms with E-state index in [4.69, 9.17) is 11.5 Å². The largest absolute Gasteiger partial charge is 0.397 e. The van der Waals surface area contributed by atoms with Gasteiger partial charge < -0.3 is 11.5 Å². The first-order chi connectivity index (χ1) is 6.20. The molecule has 2 heterocycles. The number of rotatable bonds is 1. The van der Waals surface area contributed by atoms with Crippen LogP contribution in [0.1, 0.15) is 9.67 Å². The number of hydrogen-bond acceptors (Lipinski definition) is 5. The zero-order chi connectivity index (χ0) is 9.42. The van der Waals surface area contributed by atoms with Crippen molar-refractivity contribution in [3.63, 3.8) is 0 Å². The van der Waals surface area contributed by atoms with Gasteiger partial charge in [-0.3, -0.25) is 4.79 Å². The summed E-state index contributed by atoms with van der Waals surface area (Å²) in [4.78, 5) is 11.9. The zero-order valence-corrected chi connectivity index (χ0v) is 7.34. The van der Waals surface area contributed by atoms with Crippen LogP contribution in [-0.2, 0) is 0 Å². The minimum Gasteiger partial charge on any atom is -0.397 e. The minimum absolute atomic E-state index is 0.343. The summed E-state index contributed by atoms with van der Waals surface area (Å²) >= 11 is 1.16. The van der Waals surface area contributed by atoms with Crippen molar-refractivity contribution in [2.75, 3.05) is 5.73 Å². The van der Waals surface area contributed by atoms with Crippen molar-refractivity contribution >= 4 is 33.1 Å². The molecule has 2 aromatic rings. The topological polar surface area (TPSA) is 94.9 Å². The Bertz CT molecular complexity index is 478. The number of primary amides is 1. The number of thiophene rings is 1. The first kappa shape index (κ1) is 7.93. The molecule has 0 aliphatic rings. The van der Waals surface area contributed by atoms with Gasteiger partial charge in [0.1, 0.15) is 9.71 Å². The van der Waals surface area contributed by atoms with Crippen molar-refractivity contribution in [2.45, 2.75) is 0 Å². The summed E-state index contributed by atoms with van der Waals surface area (Å²) in [6.07, 6.45) is 1.52. The third-order valence-corrected chi connectivity index (χ3v) is 2.76. The van der Waals surface area contributed by atoms with Crippen LogP contribution in [0.3, 0.4) is 0 Å². The van der Waals surface area contributed by atoms with Crippen LogP contribution in [0.2, 0.25) is 0 Å². The smallest absolute Gasteiger partial charge is 0.260 e. The standard InChI is InChI=1S/C7H6N4OS/c8-4-3-1-2-10-11-7(3)13-5(4)6(9)12/h1-2H,8H2,(H2,9,12). The number of aromatic nitrogens is 2. The highest BCUT2D eigenvalue weighted by molar-refractivity contribution is 7.21. The molecule has 0 saturated heterocycles. The van der Waals surface area contributed by atoms with Crippen molar-refractivity contribution in [1.82, 2.24) is 10.2 Å². The van der Waals surface area contributed by atoms with Gasteiger partial charge in [-0.15, -0.1) is 16.4 Å². The fraction of sp³-hybridized carbons (Fsp3) is 0. The molecule has 0 atom stereocenters. The van der Waals surface area contributed by atoms with Crippen molar-refractivity contribution in [3.8, 4) is 0 Å². The first-order valence-electron chi connectivity index (χ1n) is 3.49. The van der Waals surface area contributed by atoms with Crippen molar-refractivity contribution in [1.29, 1.82) is 0 Å². The number of fused-ring (bicyclic) bond motifs is 1. The van der Waals surface area contributed by atoms with Gasteiger partial charge in [-0.2, -0.15) is 5.10 Å². The lowest BCUT2D eigenvalue weighted by atomic mass is 10.3. The molecule has 6 heteroatoms. The zero-order valence-electron chi connectivity index (χ0n) is 6.52. The highest BCUT2D eigenvalue weighted by atomic mass is 32.1. The maximum atomic E-state index is 10.9. The molecule has 0 fully saturated rings. The lowest BCUT2D eigenvalue weighted by Crippen LogP contribution is -2.10.